The summed E-state index contributed by atoms with van der Waals surface area (Å²) in [5, 5.41) is 11.5. The second kappa shape index (κ2) is 5.89. The largest absolute Gasteiger partial charge is 0.409 e. The van der Waals surface area contributed by atoms with Gasteiger partial charge in [0.2, 0.25) is 5.91 Å². The van der Waals surface area contributed by atoms with Gasteiger partial charge in [-0.15, -0.1) is 0 Å². The second-order valence-corrected chi connectivity index (χ2v) is 3.87. The van der Waals surface area contributed by atoms with Gasteiger partial charge in [-0.05, 0) is 12.5 Å². The van der Waals surface area contributed by atoms with Crippen molar-refractivity contribution < 1.29 is 10.0 Å². The number of nitrogens with zero attached hydrogens (tertiary/aromatic N) is 2. The van der Waals surface area contributed by atoms with E-state index in [0.717, 1.165) is 5.56 Å². The quantitative estimate of drug-likeness (QED) is 0.351. The fourth-order valence-corrected chi connectivity index (χ4v) is 1.39. The van der Waals surface area contributed by atoms with Crippen LogP contribution in [0.1, 0.15) is 12.5 Å². The number of amides is 1. The molecule has 0 saturated heterocycles. The number of carbonyl (C=O) groups is 1. The number of nitrogens with two attached hydrogens (primary N) is 1. The van der Waals surface area contributed by atoms with Gasteiger partial charge in [0.25, 0.3) is 0 Å². The van der Waals surface area contributed by atoms with Gasteiger partial charge in [-0.1, -0.05) is 35.5 Å². The van der Waals surface area contributed by atoms with Crippen LogP contribution in [-0.4, -0.2) is 34.9 Å². The highest BCUT2D eigenvalue weighted by Crippen LogP contribution is 2.04. The Morgan fingerprint density at radius 3 is 2.59 bits per heavy atom. The first-order valence-electron chi connectivity index (χ1n) is 5.33. The van der Waals surface area contributed by atoms with Gasteiger partial charge in [0.15, 0.2) is 5.84 Å². The molecule has 92 valence electrons. The van der Waals surface area contributed by atoms with Crippen molar-refractivity contribution in [2.75, 3.05) is 7.05 Å². The lowest BCUT2D eigenvalue weighted by atomic mass is 10.1. The van der Waals surface area contributed by atoms with E-state index < -0.39 is 6.04 Å². The van der Waals surface area contributed by atoms with Gasteiger partial charge < -0.3 is 15.8 Å². The van der Waals surface area contributed by atoms with Crippen molar-refractivity contribution in [3.05, 3.63) is 35.9 Å². The minimum Gasteiger partial charge on any atom is -0.409 e. The van der Waals surface area contributed by atoms with Crippen LogP contribution in [0.4, 0.5) is 0 Å². The minimum atomic E-state index is -0.420. The van der Waals surface area contributed by atoms with Crippen LogP contribution in [0.25, 0.3) is 0 Å². The Morgan fingerprint density at radius 2 is 2.06 bits per heavy atom. The van der Waals surface area contributed by atoms with Crippen molar-refractivity contribution in [3.63, 3.8) is 0 Å². The number of benzene rings is 1. The fraction of sp³-hybridized carbons (Fsp3) is 0.333. The van der Waals surface area contributed by atoms with Crippen LogP contribution in [0.3, 0.4) is 0 Å². The van der Waals surface area contributed by atoms with E-state index in [9.17, 15) is 4.79 Å². The maximum absolute atomic E-state index is 11.9. The number of hydrogen-bond acceptors (Lipinski definition) is 3. The van der Waals surface area contributed by atoms with E-state index >= 15 is 0 Å². The molecule has 0 spiro atoms. The highest BCUT2D eigenvalue weighted by atomic mass is 16.4. The van der Waals surface area contributed by atoms with E-state index in [2.05, 4.69) is 5.16 Å². The molecule has 3 N–H and O–H groups in total. The molecule has 1 rings (SSSR count). The number of hydrogen-bond donors (Lipinski definition) is 2. The predicted molar refractivity (Wildman–Crippen MR) is 65.8 cm³/mol. The molecule has 0 bridgehead atoms. The molecule has 0 saturated carbocycles. The molecule has 0 aromatic heterocycles. The minimum absolute atomic E-state index is 0.0221. The summed E-state index contributed by atoms with van der Waals surface area (Å²) >= 11 is 0. The predicted octanol–water partition coefficient (Wildman–Crippen LogP) is 0.822. The first-order chi connectivity index (χ1) is 8.06. The molecule has 0 aliphatic heterocycles. The molecule has 1 aromatic carbocycles. The van der Waals surface area contributed by atoms with Gasteiger partial charge in [0.1, 0.15) is 0 Å². The molecular formula is C12H17N3O2. The van der Waals surface area contributed by atoms with E-state index in [1.54, 1.807) is 14.0 Å². The molecule has 1 amide bonds. The smallest absolute Gasteiger partial charge is 0.227 e. The van der Waals surface area contributed by atoms with Gasteiger partial charge in [0.05, 0.1) is 12.5 Å². The number of rotatable bonds is 4. The topological polar surface area (TPSA) is 78.9 Å². The molecule has 0 fully saturated rings. The highest BCUT2D eigenvalue weighted by Gasteiger charge is 2.19. The molecule has 0 aliphatic carbocycles. The number of carbonyl (C=O) groups excluding carboxylic acids is 1. The molecule has 5 heteroatoms. The summed E-state index contributed by atoms with van der Waals surface area (Å²) in [7, 11) is 1.63. The summed E-state index contributed by atoms with van der Waals surface area (Å²) in [5.41, 5.74) is 6.40. The van der Waals surface area contributed by atoms with Crippen molar-refractivity contribution in [2.24, 2.45) is 10.9 Å². The molecule has 1 aromatic rings. The van der Waals surface area contributed by atoms with Crippen LogP contribution < -0.4 is 5.73 Å². The van der Waals surface area contributed by atoms with Gasteiger partial charge in [-0.3, -0.25) is 4.79 Å². The standard InChI is InChI=1S/C12H17N3O2/c1-9(12(13)14-17)15(2)11(16)8-10-6-4-3-5-7-10/h3-7,9,17H,8H2,1-2H3,(H2,13,14). The lowest BCUT2D eigenvalue weighted by Gasteiger charge is -2.23. The molecule has 1 atom stereocenters. The Labute approximate surface area is 101 Å². The SMILES string of the molecule is CC(C(N)=NO)N(C)C(=O)Cc1ccccc1. The molecule has 0 radical (unpaired) electrons. The first kappa shape index (κ1) is 13.0. The van der Waals surface area contributed by atoms with E-state index in [1.165, 1.54) is 4.90 Å². The third-order valence-electron chi connectivity index (χ3n) is 2.72. The average molecular weight is 235 g/mol. The zero-order valence-electron chi connectivity index (χ0n) is 10.00. The summed E-state index contributed by atoms with van der Waals surface area (Å²) in [4.78, 5) is 13.4. The van der Waals surface area contributed by atoms with Gasteiger partial charge in [0, 0.05) is 7.05 Å². The Balaban J connectivity index is 2.65. The number of likely N-dealkylation sites (N-methyl/N-ethyl adjacent to an activating group) is 1. The van der Waals surface area contributed by atoms with Crippen LogP contribution in [-0.2, 0) is 11.2 Å². The first-order valence-corrected chi connectivity index (χ1v) is 5.33. The van der Waals surface area contributed by atoms with Crippen LogP contribution in [0.15, 0.2) is 35.5 Å². The van der Waals surface area contributed by atoms with Crippen molar-refractivity contribution in [3.8, 4) is 0 Å². The summed E-state index contributed by atoms with van der Waals surface area (Å²) in [6.07, 6.45) is 0.306. The molecule has 1 unspecified atom stereocenters. The van der Waals surface area contributed by atoms with E-state index in [1.807, 2.05) is 30.3 Å². The normalized spacial score (nSPS) is 13.2. The van der Waals surface area contributed by atoms with Crippen LogP contribution >= 0.6 is 0 Å². The van der Waals surface area contributed by atoms with E-state index in [-0.39, 0.29) is 11.7 Å². The van der Waals surface area contributed by atoms with Gasteiger partial charge >= 0.3 is 0 Å². The van der Waals surface area contributed by atoms with Crippen LogP contribution in [0, 0.1) is 0 Å². The maximum atomic E-state index is 11.9. The Kier molecular flexibility index (Phi) is 4.51. The maximum Gasteiger partial charge on any atom is 0.227 e. The van der Waals surface area contributed by atoms with Gasteiger partial charge in [-0.25, -0.2) is 0 Å². The Hall–Kier alpha value is -2.04. The monoisotopic (exact) mass is 235 g/mol. The summed E-state index contributed by atoms with van der Waals surface area (Å²) < 4.78 is 0. The van der Waals surface area contributed by atoms with Gasteiger partial charge in [-0.2, -0.15) is 0 Å². The van der Waals surface area contributed by atoms with Crippen molar-refractivity contribution >= 4 is 11.7 Å². The van der Waals surface area contributed by atoms with E-state index in [0.29, 0.717) is 6.42 Å². The molecule has 5 nitrogen and oxygen atoms in total. The summed E-state index contributed by atoms with van der Waals surface area (Å²) in [6, 6.07) is 9.03. The van der Waals surface area contributed by atoms with Crippen LogP contribution in [0.2, 0.25) is 0 Å². The number of oxime groups is 1. The molecular weight excluding hydrogens is 218 g/mol. The van der Waals surface area contributed by atoms with Crippen molar-refractivity contribution in [2.45, 2.75) is 19.4 Å². The lowest BCUT2D eigenvalue weighted by molar-refractivity contribution is -0.129. The number of amidine groups is 1. The second-order valence-electron chi connectivity index (χ2n) is 3.87. The van der Waals surface area contributed by atoms with Crippen molar-refractivity contribution in [1.82, 2.24) is 4.90 Å². The van der Waals surface area contributed by atoms with Crippen LogP contribution in [0.5, 0.6) is 0 Å². The summed E-state index contributed by atoms with van der Waals surface area (Å²) in [5.74, 6) is -0.0517. The lowest BCUT2D eigenvalue weighted by Crippen LogP contribution is -2.44. The third-order valence-corrected chi connectivity index (χ3v) is 2.72. The molecule has 17 heavy (non-hydrogen) atoms. The Bertz CT molecular complexity index is 403. The zero-order valence-corrected chi connectivity index (χ0v) is 10.00. The van der Waals surface area contributed by atoms with E-state index in [4.69, 9.17) is 10.9 Å². The summed E-state index contributed by atoms with van der Waals surface area (Å²) in [6.45, 7) is 1.71. The zero-order chi connectivity index (χ0) is 12.8. The Morgan fingerprint density at radius 1 is 1.47 bits per heavy atom. The average Bonchev–Trinajstić information content (AvgIpc) is 2.37. The van der Waals surface area contributed by atoms with Crippen molar-refractivity contribution in [1.29, 1.82) is 0 Å². The molecule has 0 aliphatic rings. The third kappa shape index (κ3) is 3.48. The fourth-order valence-electron chi connectivity index (χ4n) is 1.39. The molecule has 0 heterocycles. The highest BCUT2D eigenvalue weighted by molar-refractivity contribution is 5.90.